The quantitative estimate of drug-likeness (QED) is 0.0960. The third-order valence-electron chi connectivity index (χ3n) is 7.15. The summed E-state index contributed by atoms with van der Waals surface area (Å²) in [6.07, 6.45) is 1.19. The molecule has 4 aromatic rings. The number of carbonyl (C=O) groups is 1. The van der Waals surface area contributed by atoms with E-state index in [1.807, 2.05) is 48.5 Å². The number of halogens is 1. The minimum absolute atomic E-state index is 0.0187. The van der Waals surface area contributed by atoms with Crippen LogP contribution < -0.4 is 10.3 Å². The van der Waals surface area contributed by atoms with Crippen LogP contribution in [0.3, 0.4) is 0 Å². The summed E-state index contributed by atoms with van der Waals surface area (Å²) >= 11 is 6.07. The van der Waals surface area contributed by atoms with Crippen molar-refractivity contribution in [3.05, 3.63) is 115 Å². The number of rotatable bonds is 8. The van der Waals surface area contributed by atoms with Crippen molar-refractivity contribution in [2.24, 2.45) is 5.10 Å². The second-order valence-electron chi connectivity index (χ2n) is 9.76. The molecule has 1 aromatic heterocycles. The number of amides is 1. The van der Waals surface area contributed by atoms with Crippen LogP contribution in [-0.2, 0) is 11.2 Å². The van der Waals surface area contributed by atoms with Crippen LogP contribution in [0.4, 0.5) is 5.69 Å². The number of non-ortho nitro benzene ring substituents is 1. The predicted molar refractivity (Wildman–Crippen MR) is 170 cm³/mol. The molecule has 0 saturated carbocycles. The molecule has 0 radical (unpaired) electrons. The Bertz CT molecular complexity index is 1790. The summed E-state index contributed by atoms with van der Waals surface area (Å²) in [7, 11) is 1.61. The minimum Gasteiger partial charge on any atom is -0.497 e. The smallest absolute Gasteiger partial charge is 0.272 e. The fourth-order valence-corrected chi connectivity index (χ4v) is 7.15. The van der Waals surface area contributed by atoms with E-state index in [1.165, 1.54) is 45.6 Å². The molecule has 2 aliphatic heterocycles. The van der Waals surface area contributed by atoms with Crippen molar-refractivity contribution in [1.29, 1.82) is 0 Å². The zero-order valence-corrected chi connectivity index (χ0v) is 26.0. The van der Waals surface area contributed by atoms with Crippen molar-refractivity contribution in [3.63, 3.8) is 0 Å². The van der Waals surface area contributed by atoms with E-state index < -0.39 is 4.92 Å². The first-order chi connectivity index (χ1) is 20.8. The van der Waals surface area contributed by atoms with Crippen LogP contribution in [0.15, 0.2) is 97.2 Å². The number of methoxy groups -OCH3 is 1. The lowest BCUT2D eigenvalue weighted by Crippen LogP contribution is -2.29. The molecule has 10 nitrogen and oxygen atoms in total. The molecule has 1 amide bonds. The molecule has 1 atom stereocenters. The van der Waals surface area contributed by atoms with Gasteiger partial charge in [-0.1, -0.05) is 52.0 Å². The summed E-state index contributed by atoms with van der Waals surface area (Å²) in [4.78, 5) is 43.4. The molecule has 2 aliphatic rings. The molecule has 3 heterocycles. The number of hydrogen-bond acceptors (Lipinski definition) is 9. The molecule has 0 fully saturated rings. The third kappa shape index (κ3) is 5.97. The lowest BCUT2D eigenvalue weighted by Gasteiger charge is -2.22. The molecule has 1 unspecified atom stereocenters. The van der Waals surface area contributed by atoms with Crippen LogP contribution in [0.1, 0.15) is 29.3 Å². The zero-order chi connectivity index (χ0) is 30.1. The van der Waals surface area contributed by atoms with Gasteiger partial charge >= 0.3 is 0 Å². The number of hydrazone groups is 1. The molecule has 13 heteroatoms. The summed E-state index contributed by atoms with van der Waals surface area (Å²) in [5.74, 6) is 1.21. The maximum Gasteiger partial charge on any atom is 0.272 e. The Morgan fingerprint density at radius 1 is 1.12 bits per heavy atom. The SMILES string of the molecule is COc1ccc(C2CC(c3ccc(Br)cc3)=NN2C(=O)CSc2nc3c(c(=O)n2-c2ccc([N+](=O)[O-])cc2)SCC3)cc1. The molecule has 0 aliphatic carbocycles. The van der Waals surface area contributed by atoms with Crippen molar-refractivity contribution < 1.29 is 14.5 Å². The molecule has 0 bridgehead atoms. The Hall–Kier alpha value is -3.94. The monoisotopic (exact) mass is 677 g/mol. The molecule has 43 heavy (non-hydrogen) atoms. The van der Waals surface area contributed by atoms with Crippen LogP contribution in [0.2, 0.25) is 0 Å². The van der Waals surface area contributed by atoms with Crippen molar-refractivity contribution in [3.8, 4) is 11.4 Å². The Kier molecular flexibility index (Phi) is 8.37. The topological polar surface area (TPSA) is 120 Å². The second-order valence-corrected chi connectivity index (χ2v) is 12.7. The second kappa shape index (κ2) is 12.3. The average molecular weight is 679 g/mol. The van der Waals surface area contributed by atoms with Crippen LogP contribution in [0, 0.1) is 10.1 Å². The summed E-state index contributed by atoms with van der Waals surface area (Å²) < 4.78 is 7.70. The van der Waals surface area contributed by atoms with Gasteiger partial charge in [0.2, 0.25) is 0 Å². The first kappa shape index (κ1) is 29.1. The fourth-order valence-electron chi connectivity index (χ4n) is 4.98. The fraction of sp³-hybridized carbons (Fsp3) is 0.200. The number of hydrogen-bond donors (Lipinski definition) is 0. The molecular weight excluding hydrogens is 654 g/mol. The highest BCUT2D eigenvalue weighted by Crippen LogP contribution is 2.35. The first-order valence-electron chi connectivity index (χ1n) is 13.3. The highest BCUT2D eigenvalue weighted by atomic mass is 79.9. The molecule has 6 rings (SSSR count). The maximum atomic E-state index is 13.8. The largest absolute Gasteiger partial charge is 0.497 e. The number of nitrogens with zero attached hydrogens (tertiary/aromatic N) is 5. The molecule has 3 aromatic carbocycles. The van der Waals surface area contributed by atoms with Gasteiger partial charge in [0.1, 0.15) is 5.75 Å². The van der Waals surface area contributed by atoms with Crippen molar-refractivity contribution >= 4 is 56.8 Å². The van der Waals surface area contributed by atoms with Gasteiger partial charge in [0, 0.05) is 35.2 Å². The zero-order valence-electron chi connectivity index (χ0n) is 22.8. The van der Waals surface area contributed by atoms with E-state index in [4.69, 9.17) is 14.8 Å². The van der Waals surface area contributed by atoms with Gasteiger partial charge in [-0.15, -0.1) is 11.8 Å². The Morgan fingerprint density at radius 2 is 1.84 bits per heavy atom. The summed E-state index contributed by atoms with van der Waals surface area (Å²) in [6, 6.07) is 20.8. The maximum absolute atomic E-state index is 13.8. The van der Waals surface area contributed by atoms with E-state index in [0.717, 1.165) is 38.8 Å². The number of nitro benzene ring substituents is 1. The van der Waals surface area contributed by atoms with E-state index in [-0.39, 0.29) is 28.9 Å². The standard InChI is InChI=1S/C30H24BrN5O5S2/c1-41-23-12-4-19(5-13-23)26-16-25(18-2-6-20(31)7-3-18)33-35(26)27(37)17-43-30-32-24-14-15-42-28(24)29(38)34(30)21-8-10-22(11-9-21)36(39)40/h2-13,26H,14-17H2,1H3. The summed E-state index contributed by atoms with van der Waals surface area (Å²) in [5.41, 5.74) is 3.46. The van der Waals surface area contributed by atoms with Gasteiger partial charge in [-0.05, 0) is 47.5 Å². The van der Waals surface area contributed by atoms with Crippen LogP contribution in [0.25, 0.3) is 5.69 Å². The van der Waals surface area contributed by atoms with Crippen LogP contribution in [0.5, 0.6) is 5.75 Å². The summed E-state index contributed by atoms with van der Waals surface area (Å²) in [6.45, 7) is 0. The van der Waals surface area contributed by atoms with E-state index in [0.29, 0.717) is 40.0 Å². The number of carbonyl (C=O) groups excluding carboxylic acids is 1. The van der Waals surface area contributed by atoms with Gasteiger partial charge in [0.05, 0.1) is 45.8 Å². The molecule has 0 spiro atoms. The van der Waals surface area contributed by atoms with E-state index in [1.54, 1.807) is 7.11 Å². The molecular formula is C30H24BrN5O5S2. The van der Waals surface area contributed by atoms with E-state index in [9.17, 15) is 19.7 Å². The molecule has 0 N–H and O–H groups in total. The lowest BCUT2D eigenvalue weighted by molar-refractivity contribution is -0.384. The van der Waals surface area contributed by atoms with Gasteiger partial charge in [0.25, 0.3) is 17.2 Å². The number of aromatic nitrogens is 2. The van der Waals surface area contributed by atoms with Gasteiger partial charge < -0.3 is 4.74 Å². The van der Waals surface area contributed by atoms with E-state index in [2.05, 4.69) is 15.9 Å². The van der Waals surface area contributed by atoms with Crippen molar-refractivity contribution in [2.45, 2.75) is 28.9 Å². The Balaban J connectivity index is 1.31. The number of aryl methyl sites for hydroxylation is 1. The van der Waals surface area contributed by atoms with Gasteiger partial charge in [-0.25, -0.2) is 9.99 Å². The van der Waals surface area contributed by atoms with Crippen LogP contribution >= 0.6 is 39.5 Å². The first-order valence-corrected chi connectivity index (χ1v) is 16.0. The summed E-state index contributed by atoms with van der Waals surface area (Å²) in [5, 5.41) is 17.8. The number of benzene rings is 3. The number of ether oxygens (including phenoxy) is 1. The van der Waals surface area contributed by atoms with Crippen molar-refractivity contribution in [1.82, 2.24) is 14.6 Å². The average Bonchev–Trinajstić information content (AvgIpc) is 3.69. The minimum atomic E-state index is -0.490. The number of nitro groups is 1. The Labute approximate surface area is 263 Å². The highest BCUT2D eigenvalue weighted by molar-refractivity contribution is 9.10. The molecule has 0 saturated heterocycles. The molecule has 218 valence electrons. The normalized spacial score (nSPS) is 15.7. The van der Waals surface area contributed by atoms with Gasteiger partial charge in [0.15, 0.2) is 5.16 Å². The van der Waals surface area contributed by atoms with Crippen LogP contribution in [-0.4, -0.2) is 49.7 Å². The Morgan fingerprint density at radius 3 is 2.51 bits per heavy atom. The number of thioether (sulfide) groups is 2. The lowest BCUT2D eigenvalue weighted by atomic mass is 9.98. The van der Waals surface area contributed by atoms with Crippen molar-refractivity contribution in [2.75, 3.05) is 18.6 Å². The predicted octanol–water partition coefficient (Wildman–Crippen LogP) is 6.03. The van der Waals surface area contributed by atoms with Gasteiger partial charge in [-0.3, -0.25) is 24.3 Å². The van der Waals surface area contributed by atoms with Gasteiger partial charge in [-0.2, -0.15) is 5.10 Å². The van der Waals surface area contributed by atoms with E-state index >= 15 is 0 Å². The highest BCUT2D eigenvalue weighted by Gasteiger charge is 2.33. The third-order valence-corrected chi connectivity index (χ3v) is 9.71. The number of fused-ring (bicyclic) bond motifs is 1.